The van der Waals surface area contributed by atoms with E-state index in [1.807, 2.05) is 12.1 Å². The number of nitrogens with two attached hydrogens (primary N) is 1. The molecule has 0 bridgehead atoms. The molecular formula is C17H27N3. The third-order valence-corrected chi connectivity index (χ3v) is 4.88. The number of hydrogen-bond donors (Lipinski definition) is 1. The van der Waals surface area contributed by atoms with Gasteiger partial charge in [0.1, 0.15) is 0 Å². The third kappa shape index (κ3) is 3.26. The van der Waals surface area contributed by atoms with Gasteiger partial charge in [0.2, 0.25) is 0 Å². The molecule has 3 rings (SSSR count). The highest BCUT2D eigenvalue weighted by Gasteiger charge is 2.23. The quantitative estimate of drug-likeness (QED) is 0.840. The van der Waals surface area contributed by atoms with Crippen LogP contribution in [0.15, 0.2) is 24.3 Å². The van der Waals surface area contributed by atoms with Crippen molar-refractivity contribution in [2.45, 2.75) is 44.6 Å². The van der Waals surface area contributed by atoms with Gasteiger partial charge in [-0.15, -0.1) is 0 Å². The topological polar surface area (TPSA) is 32.5 Å². The van der Waals surface area contributed by atoms with Gasteiger partial charge in [0.05, 0.1) is 0 Å². The highest BCUT2D eigenvalue weighted by Crippen LogP contribution is 2.25. The Morgan fingerprint density at radius 2 is 1.55 bits per heavy atom. The van der Waals surface area contributed by atoms with Gasteiger partial charge in [-0.2, -0.15) is 0 Å². The molecule has 2 aliphatic rings. The number of benzene rings is 1. The zero-order chi connectivity index (χ0) is 13.8. The van der Waals surface area contributed by atoms with E-state index >= 15 is 0 Å². The fourth-order valence-electron chi connectivity index (χ4n) is 3.69. The van der Waals surface area contributed by atoms with Crippen LogP contribution in [0.4, 0.5) is 11.4 Å². The summed E-state index contributed by atoms with van der Waals surface area (Å²) >= 11 is 0. The normalized spacial score (nSPS) is 22.7. The molecule has 1 aliphatic carbocycles. The van der Waals surface area contributed by atoms with Gasteiger partial charge in [-0.25, -0.2) is 0 Å². The van der Waals surface area contributed by atoms with E-state index in [1.165, 1.54) is 63.8 Å². The van der Waals surface area contributed by atoms with E-state index in [9.17, 15) is 0 Å². The average Bonchev–Trinajstić information content (AvgIpc) is 2.75. The standard InChI is InChI=1S/C17H27N3/c18-15-7-9-17(10-8-15)20-12-4-11-19(13-14-20)16-5-2-1-3-6-16/h7-10,16H,1-6,11-14,18H2. The first-order valence-electron chi connectivity index (χ1n) is 8.17. The van der Waals surface area contributed by atoms with Gasteiger partial charge in [-0.1, -0.05) is 19.3 Å². The van der Waals surface area contributed by atoms with Crippen LogP contribution in [0.3, 0.4) is 0 Å². The molecule has 3 heteroatoms. The SMILES string of the molecule is Nc1ccc(N2CCCN(C3CCCCC3)CC2)cc1. The summed E-state index contributed by atoms with van der Waals surface area (Å²) < 4.78 is 0. The van der Waals surface area contributed by atoms with Gasteiger partial charge in [-0.05, 0) is 43.5 Å². The van der Waals surface area contributed by atoms with E-state index in [0.29, 0.717) is 0 Å². The highest BCUT2D eigenvalue weighted by molar-refractivity contribution is 5.53. The summed E-state index contributed by atoms with van der Waals surface area (Å²) in [6, 6.07) is 9.20. The van der Waals surface area contributed by atoms with Gasteiger partial charge in [-0.3, -0.25) is 4.90 Å². The molecule has 1 aliphatic heterocycles. The monoisotopic (exact) mass is 273 g/mol. The predicted molar refractivity (Wildman–Crippen MR) is 86.1 cm³/mol. The summed E-state index contributed by atoms with van der Waals surface area (Å²) in [5.74, 6) is 0. The van der Waals surface area contributed by atoms with Crippen molar-refractivity contribution >= 4 is 11.4 Å². The fourth-order valence-corrected chi connectivity index (χ4v) is 3.69. The first kappa shape index (κ1) is 13.7. The summed E-state index contributed by atoms with van der Waals surface area (Å²) in [5.41, 5.74) is 7.96. The van der Waals surface area contributed by atoms with Crippen LogP contribution < -0.4 is 10.6 Å². The van der Waals surface area contributed by atoms with Gasteiger partial charge >= 0.3 is 0 Å². The third-order valence-electron chi connectivity index (χ3n) is 4.88. The lowest BCUT2D eigenvalue weighted by Gasteiger charge is -2.33. The van der Waals surface area contributed by atoms with Crippen molar-refractivity contribution in [3.05, 3.63) is 24.3 Å². The molecule has 1 saturated heterocycles. The van der Waals surface area contributed by atoms with Crippen molar-refractivity contribution < 1.29 is 0 Å². The number of hydrogen-bond acceptors (Lipinski definition) is 3. The van der Waals surface area contributed by atoms with E-state index in [1.54, 1.807) is 0 Å². The molecule has 1 saturated carbocycles. The van der Waals surface area contributed by atoms with Crippen molar-refractivity contribution in [2.24, 2.45) is 0 Å². The molecule has 2 N–H and O–H groups in total. The molecule has 0 atom stereocenters. The number of rotatable bonds is 2. The molecule has 0 aromatic heterocycles. The maximum absolute atomic E-state index is 5.78. The van der Waals surface area contributed by atoms with Crippen LogP contribution in [0, 0.1) is 0 Å². The van der Waals surface area contributed by atoms with Crippen LogP contribution in [0.2, 0.25) is 0 Å². The second-order valence-corrected chi connectivity index (χ2v) is 6.26. The summed E-state index contributed by atoms with van der Waals surface area (Å²) in [5, 5.41) is 0. The first-order chi connectivity index (χ1) is 9.83. The van der Waals surface area contributed by atoms with Crippen molar-refractivity contribution in [3.63, 3.8) is 0 Å². The Morgan fingerprint density at radius 3 is 2.30 bits per heavy atom. The molecule has 1 aromatic rings. The predicted octanol–water partition coefficient (Wildman–Crippen LogP) is 3.11. The minimum Gasteiger partial charge on any atom is -0.399 e. The smallest absolute Gasteiger partial charge is 0.0368 e. The molecular weight excluding hydrogens is 246 g/mol. The van der Waals surface area contributed by atoms with Gasteiger partial charge in [0.15, 0.2) is 0 Å². The lowest BCUT2D eigenvalue weighted by atomic mass is 9.94. The highest BCUT2D eigenvalue weighted by atomic mass is 15.2. The summed E-state index contributed by atoms with van der Waals surface area (Å²) in [6.45, 7) is 4.82. The summed E-state index contributed by atoms with van der Waals surface area (Å²) in [6.07, 6.45) is 8.43. The van der Waals surface area contributed by atoms with Crippen LogP contribution in [-0.4, -0.2) is 37.1 Å². The van der Waals surface area contributed by atoms with Gasteiger partial charge < -0.3 is 10.6 Å². The Balaban J connectivity index is 1.60. The molecule has 1 heterocycles. The molecule has 1 aromatic carbocycles. The van der Waals surface area contributed by atoms with Crippen LogP contribution in [0.5, 0.6) is 0 Å². The van der Waals surface area contributed by atoms with Crippen LogP contribution in [0.1, 0.15) is 38.5 Å². The zero-order valence-electron chi connectivity index (χ0n) is 12.4. The van der Waals surface area contributed by atoms with Crippen molar-refractivity contribution in [3.8, 4) is 0 Å². The largest absolute Gasteiger partial charge is 0.399 e. The Kier molecular flexibility index (Phi) is 4.46. The van der Waals surface area contributed by atoms with E-state index < -0.39 is 0 Å². The van der Waals surface area contributed by atoms with Crippen molar-refractivity contribution in [1.29, 1.82) is 0 Å². The number of nitrogen functional groups attached to an aromatic ring is 1. The maximum atomic E-state index is 5.78. The average molecular weight is 273 g/mol. The molecule has 0 unspecified atom stereocenters. The summed E-state index contributed by atoms with van der Waals surface area (Å²) in [4.78, 5) is 5.26. The zero-order valence-corrected chi connectivity index (χ0v) is 12.4. The Bertz CT molecular complexity index is 409. The molecule has 2 fully saturated rings. The minimum atomic E-state index is 0.854. The fraction of sp³-hybridized carbons (Fsp3) is 0.647. The van der Waals surface area contributed by atoms with Crippen LogP contribution in [0.25, 0.3) is 0 Å². The molecule has 0 amide bonds. The summed E-state index contributed by atoms with van der Waals surface area (Å²) in [7, 11) is 0. The van der Waals surface area contributed by atoms with E-state index in [4.69, 9.17) is 5.73 Å². The minimum absolute atomic E-state index is 0.854. The van der Waals surface area contributed by atoms with E-state index in [-0.39, 0.29) is 0 Å². The lowest BCUT2D eigenvalue weighted by molar-refractivity contribution is 0.166. The second-order valence-electron chi connectivity index (χ2n) is 6.26. The van der Waals surface area contributed by atoms with Gasteiger partial charge in [0, 0.05) is 43.6 Å². The first-order valence-corrected chi connectivity index (χ1v) is 8.17. The Labute approximate surface area is 122 Å². The molecule has 0 spiro atoms. The Morgan fingerprint density at radius 1 is 0.800 bits per heavy atom. The van der Waals surface area contributed by atoms with E-state index in [0.717, 1.165) is 18.3 Å². The van der Waals surface area contributed by atoms with Crippen molar-refractivity contribution in [2.75, 3.05) is 36.8 Å². The molecule has 110 valence electrons. The maximum Gasteiger partial charge on any atom is 0.0368 e. The van der Waals surface area contributed by atoms with Crippen LogP contribution in [-0.2, 0) is 0 Å². The van der Waals surface area contributed by atoms with Crippen molar-refractivity contribution in [1.82, 2.24) is 4.90 Å². The molecule has 3 nitrogen and oxygen atoms in total. The second kappa shape index (κ2) is 6.49. The van der Waals surface area contributed by atoms with Crippen LogP contribution >= 0.6 is 0 Å². The van der Waals surface area contributed by atoms with E-state index in [2.05, 4.69) is 21.9 Å². The number of nitrogens with zero attached hydrogens (tertiary/aromatic N) is 2. The molecule has 0 radical (unpaired) electrons. The van der Waals surface area contributed by atoms with Gasteiger partial charge in [0.25, 0.3) is 0 Å². The number of anilines is 2. The lowest BCUT2D eigenvalue weighted by Crippen LogP contribution is -2.39. The molecule has 20 heavy (non-hydrogen) atoms. The Hall–Kier alpha value is -1.22.